The van der Waals surface area contributed by atoms with Gasteiger partial charge in [0.25, 0.3) is 0 Å². The van der Waals surface area contributed by atoms with Gasteiger partial charge in [-0.25, -0.2) is 0 Å². The molecule has 3 rings (SSSR count). The molecule has 0 amide bonds. The molecule has 0 atom stereocenters. The average Bonchev–Trinajstić information content (AvgIpc) is 2.88. The van der Waals surface area contributed by atoms with E-state index in [4.69, 9.17) is 4.42 Å². The Labute approximate surface area is 124 Å². The van der Waals surface area contributed by atoms with Crippen molar-refractivity contribution >= 4 is 11.0 Å². The lowest BCUT2D eigenvalue weighted by atomic mass is 10.1. The zero-order valence-corrected chi connectivity index (χ0v) is 12.2. The lowest BCUT2D eigenvalue weighted by Gasteiger charge is -1.93. The topological polar surface area (TPSA) is 25.2 Å². The highest BCUT2D eigenvalue weighted by Crippen LogP contribution is 2.20. The van der Waals surface area contributed by atoms with E-state index in [-0.39, 0.29) is 0 Å². The van der Waals surface area contributed by atoms with E-state index in [2.05, 4.69) is 48.3 Å². The highest BCUT2D eigenvalue weighted by molar-refractivity contribution is 5.79. The summed E-state index contributed by atoms with van der Waals surface area (Å²) in [6.07, 6.45) is 0. The second-order valence-electron chi connectivity index (χ2n) is 5.11. The standard InChI is InChI=1S/C19H17NO/c1-14-3-5-15(6-4-14)7-8-16-9-10-19-17(11-16)12-18(21-19)13-20-2/h3-6,9-12,20H,13H2,1-2H3. The molecule has 0 aliphatic heterocycles. The second kappa shape index (κ2) is 5.87. The Morgan fingerprint density at radius 1 is 0.952 bits per heavy atom. The Bertz CT molecular complexity index is 816. The van der Waals surface area contributed by atoms with Crippen LogP contribution in [-0.4, -0.2) is 7.05 Å². The van der Waals surface area contributed by atoms with Gasteiger partial charge in [0.05, 0.1) is 6.54 Å². The summed E-state index contributed by atoms with van der Waals surface area (Å²) >= 11 is 0. The molecule has 0 bridgehead atoms. The summed E-state index contributed by atoms with van der Waals surface area (Å²) in [5.41, 5.74) is 4.18. The summed E-state index contributed by atoms with van der Waals surface area (Å²) in [5, 5.41) is 4.18. The van der Waals surface area contributed by atoms with Crippen LogP contribution in [0.1, 0.15) is 22.5 Å². The minimum Gasteiger partial charge on any atom is -0.460 e. The van der Waals surface area contributed by atoms with E-state index >= 15 is 0 Å². The van der Waals surface area contributed by atoms with Crippen LogP contribution in [0, 0.1) is 18.8 Å². The van der Waals surface area contributed by atoms with E-state index < -0.39 is 0 Å². The van der Waals surface area contributed by atoms with E-state index in [1.807, 2.05) is 31.3 Å². The van der Waals surface area contributed by atoms with Gasteiger partial charge in [0.2, 0.25) is 0 Å². The number of furan rings is 1. The van der Waals surface area contributed by atoms with Crippen LogP contribution in [0.4, 0.5) is 0 Å². The van der Waals surface area contributed by atoms with Gasteiger partial charge in [0, 0.05) is 16.5 Å². The quantitative estimate of drug-likeness (QED) is 0.718. The van der Waals surface area contributed by atoms with E-state index in [1.54, 1.807) is 0 Å². The third kappa shape index (κ3) is 3.16. The van der Waals surface area contributed by atoms with E-state index in [0.29, 0.717) is 0 Å². The Morgan fingerprint density at radius 3 is 2.43 bits per heavy atom. The summed E-state index contributed by atoms with van der Waals surface area (Å²) in [6.45, 7) is 2.81. The number of fused-ring (bicyclic) bond motifs is 1. The molecular formula is C19H17NO. The molecule has 0 radical (unpaired) electrons. The van der Waals surface area contributed by atoms with Gasteiger partial charge < -0.3 is 9.73 Å². The van der Waals surface area contributed by atoms with Gasteiger partial charge in [0.15, 0.2) is 0 Å². The van der Waals surface area contributed by atoms with E-state index in [9.17, 15) is 0 Å². The van der Waals surface area contributed by atoms with Crippen LogP contribution >= 0.6 is 0 Å². The van der Waals surface area contributed by atoms with Gasteiger partial charge in [0.1, 0.15) is 11.3 Å². The van der Waals surface area contributed by atoms with Gasteiger partial charge >= 0.3 is 0 Å². The predicted octanol–water partition coefficient (Wildman–Crippen LogP) is 3.86. The van der Waals surface area contributed by atoms with Crippen molar-refractivity contribution < 1.29 is 4.42 Å². The fraction of sp³-hybridized carbons (Fsp3) is 0.158. The zero-order chi connectivity index (χ0) is 14.7. The molecule has 0 saturated heterocycles. The summed E-state index contributed by atoms with van der Waals surface area (Å²) in [4.78, 5) is 0. The highest BCUT2D eigenvalue weighted by atomic mass is 16.3. The lowest BCUT2D eigenvalue weighted by molar-refractivity contribution is 0.531. The molecule has 1 heterocycles. The molecule has 0 spiro atoms. The van der Waals surface area contributed by atoms with Crippen molar-refractivity contribution in [1.82, 2.24) is 5.32 Å². The molecule has 0 fully saturated rings. The SMILES string of the molecule is CNCc1cc2cc(C#Cc3ccc(C)cc3)ccc2o1. The molecule has 0 aliphatic rings. The van der Waals surface area contributed by atoms with Crippen LogP contribution in [0.15, 0.2) is 52.9 Å². The minimum absolute atomic E-state index is 0.735. The smallest absolute Gasteiger partial charge is 0.134 e. The first kappa shape index (κ1) is 13.5. The van der Waals surface area contributed by atoms with Gasteiger partial charge in [-0.15, -0.1) is 0 Å². The number of nitrogens with one attached hydrogen (secondary N) is 1. The maximum absolute atomic E-state index is 5.73. The summed E-state index contributed by atoms with van der Waals surface area (Å²) in [5.74, 6) is 7.34. The van der Waals surface area contributed by atoms with Crippen LogP contribution in [-0.2, 0) is 6.54 Å². The van der Waals surface area contributed by atoms with Crippen molar-refractivity contribution in [1.29, 1.82) is 0 Å². The third-order valence-electron chi connectivity index (χ3n) is 3.32. The Morgan fingerprint density at radius 2 is 1.67 bits per heavy atom. The van der Waals surface area contributed by atoms with Crippen molar-refractivity contribution in [3.63, 3.8) is 0 Å². The first-order chi connectivity index (χ1) is 10.2. The molecule has 21 heavy (non-hydrogen) atoms. The van der Waals surface area contributed by atoms with E-state index in [1.165, 1.54) is 5.56 Å². The molecule has 0 aliphatic carbocycles. The maximum atomic E-state index is 5.73. The van der Waals surface area contributed by atoms with Crippen LogP contribution < -0.4 is 5.32 Å². The Hall–Kier alpha value is -2.50. The third-order valence-corrected chi connectivity index (χ3v) is 3.32. The minimum atomic E-state index is 0.735. The largest absolute Gasteiger partial charge is 0.460 e. The first-order valence-corrected chi connectivity index (χ1v) is 7.00. The molecule has 1 N–H and O–H groups in total. The molecule has 3 aromatic rings. The highest BCUT2D eigenvalue weighted by Gasteiger charge is 2.02. The molecule has 1 aromatic heterocycles. The molecule has 2 aromatic carbocycles. The summed E-state index contributed by atoms with van der Waals surface area (Å²) < 4.78 is 5.73. The Balaban J connectivity index is 1.89. The summed E-state index contributed by atoms with van der Waals surface area (Å²) in [7, 11) is 1.91. The Kier molecular flexibility index (Phi) is 3.77. The fourth-order valence-corrected chi connectivity index (χ4v) is 2.22. The van der Waals surface area contributed by atoms with Crippen LogP contribution in [0.3, 0.4) is 0 Å². The van der Waals surface area contributed by atoms with Gasteiger partial charge in [-0.1, -0.05) is 29.5 Å². The number of hydrogen-bond donors (Lipinski definition) is 1. The average molecular weight is 275 g/mol. The predicted molar refractivity (Wildman–Crippen MR) is 86.1 cm³/mol. The first-order valence-electron chi connectivity index (χ1n) is 7.00. The van der Waals surface area contributed by atoms with Crippen molar-refractivity contribution in [2.45, 2.75) is 13.5 Å². The number of rotatable bonds is 2. The van der Waals surface area contributed by atoms with Gasteiger partial charge in [-0.3, -0.25) is 0 Å². The lowest BCUT2D eigenvalue weighted by Crippen LogP contribution is -2.03. The van der Waals surface area contributed by atoms with Crippen LogP contribution in [0.25, 0.3) is 11.0 Å². The molecule has 2 heteroatoms. The monoisotopic (exact) mass is 275 g/mol. The van der Waals surface area contributed by atoms with Crippen molar-refractivity contribution in [2.75, 3.05) is 7.05 Å². The summed E-state index contributed by atoms with van der Waals surface area (Å²) in [6, 6.07) is 16.3. The van der Waals surface area contributed by atoms with Crippen molar-refractivity contribution in [2.24, 2.45) is 0 Å². The van der Waals surface area contributed by atoms with Crippen molar-refractivity contribution in [3.8, 4) is 11.8 Å². The zero-order valence-electron chi connectivity index (χ0n) is 12.2. The molecule has 0 saturated carbocycles. The van der Waals surface area contributed by atoms with E-state index in [0.717, 1.165) is 34.4 Å². The molecule has 0 unspecified atom stereocenters. The number of benzene rings is 2. The molecular weight excluding hydrogens is 258 g/mol. The normalized spacial score (nSPS) is 10.4. The maximum Gasteiger partial charge on any atom is 0.134 e. The van der Waals surface area contributed by atoms with Gasteiger partial charge in [-0.05, 0) is 50.4 Å². The fourth-order valence-electron chi connectivity index (χ4n) is 2.22. The van der Waals surface area contributed by atoms with Crippen molar-refractivity contribution in [3.05, 3.63) is 71.0 Å². The van der Waals surface area contributed by atoms with Gasteiger partial charge in [-0.2, -0.15) is 0 Å². The second-order valence-corrected chi connectivity index (χ2v) is 5.11. The molecule has 104 valence electrons. The molecule has 2 nitrogen and oxygen atoms in total. The number of hydrogen-bond acceptors (Lipinski definition) is 2. The van der Waals surface area contributed by atoms with Crippen LogP contribution in [0.5, 0.6) is 0 Å². The number of aryl methyl sites for hydroxylation is 1. The van der Waals surface area contributed by atoms with Crippen LogP contribution in [0.2, 0.25) is 0 Å².